The number of amides is 1. The van der Waals surface area contributed by atoms with Crippen LogP contribution in [0.3, 0.4) is 0 Å². The van der Waals surface area contributed by atoms with Gasteiger partial charge in [0.2, 0.25) is 0 Å². The van der Waals surface area contributed by atoms with E-state index in [0.29, 0.717) is 16.8 Å². The predicted molar refractivity (Wildman–Crippen MR) is 90.1 cm³/mol. The van der Waals surface area contributed by atoms with Crippen molar-refractivity contribution in [2.75, 3.05) is 5.32 Å². The van der Waals surface area contributed by atoms with Crippen LogP contribution in [0.2, 0.25) is 0 Å². The number of nitro groups is 1. The van der Waals surface area contributed by atoms with Crippen molar-refractivity contribution in [1.82, 2.24) is 4.98 Å². The Morgan fingerprint density at radius 2 is 2.04 bits per heavy atom. The van der Waals surface area contributed by atoms with Crippen LogP contribution in [0.25, 0.3) is 10.2 Å². The second-order valence-corrected chi connectivity index (χ2v) is 6.31. The normalized spacial score (nSPS) is 10.7. The Morgan fingerprint density at radius 3 is 2.78 bits per heavy atom. The van der Waals surface area contributed by atoms with Crippen molar-refractivity contribution in [3.8, 4) is 0 Å². The van der Waals surface area contributed by atoms with Gasteiger partial charge in [0, 0.05) is 22.9 Å². The number of nitrogens with zero attached hydrogens (tertiary/aromatic N) is 2. The van der Waals surface area contributed by atoms with Crippen LogP contribution >= 0.6 is 11.3 Å². The molecule has 0 aliphatic heterocycles. The number of aryl methyl sites for hydroxylation is 1. The molecule has 0 saturated heterocycles. The molecule has 3 rings (SSSR count). The third-order valence-electron chi connectivity index (χ3n) is 3.50. The Morgan fingerprint density at radius 1 is 1.26 bits per heavy atom. The minimum Gasteiger partial charge on any atom is -0.322 e. The Bertz CT molecular complexity index is 933. The lowest BCUT2D eigenvalue weighted by Gasteiger charge is -2.08. The minimum atomic E-state index is -0.488. The smallest absolute Gasteiger partial charge is 0.273 e. The molecule has 1 aromatic heterocycles. The molecule has 23 heavy (non-hydrogen) atoms. The highest BCUT2D eigenvalue weighted by molar-refractivity contribution is 7.18. The number of hydrogen-bond donors (Lipinski definition) is 1. The lowest BCUT2D eigenvalue weighted by Crippen LogP contribution is -2.14. The second-order valence-electron chi connectivity index (χ2n) is 5.08. The first kappa shape index (κ1) is 15.1. The maximum absolute atomic E-state index is 12.4. The van der Waals surface area contributed by atoms with Crippen LogP contribution in [0.5, 0.6) is 0 Å². The number of thiazole rings is 1. The van der Waals surface area contributed by atoms with Gasteiger partial charge in [-0.05, 0) is 38.1 Å². The molecule has 0 aliphatic rings. The fourth-order valence-corrected chi connectivity index (χ4v) is 3.25. The van der Waals surface area contributed by atoms with Crippen molar-refractivity contribution >= 4 is 38.8 Å². The van der Waals surface area contributed by atoms with Gasteiger partial charge in [-0.15, -0.1) is 11.3 Å². The molecule has 0 spiro atoms. The van der Waals surface area contributed by atoms with E-state index in [1.165, 1.54) is 12.1 Å². The van der Waals surface area contributed by atoms with Crippen molar-refractivity contribution in [3.63, 3.8) is 0 Å². The van der Waals surface area contributed by atoms with E-state index in [9.17, 15) is 14.9 Å². The summed E-state index contributed by atoms with van der Waals surface area (Å²) < 4.78 is 0.982. The largest absolute Gasteiger partial charge is 0.322 e. The van der Waals surface area contributed by atoms with Crippen LogP contribution in [0.1, 0.15) is 20.9 Å². The highest BCUT2D eigenvalue weighted by atomic mass is 32.1. The number of aromatic nitrogens is 1. The summed E-state index contributed by atoms with van der Waals surface area (Å²) in [6.07, 6.45) is 0. The lowest BCUT2D eigenvalue weighted by atomic mass is 10.1. The summed E-state index contributed by atoms with van der Waals surface area (Å²) in [6.45, 7) is 3.50. The molecule has 2 aromatic carbocycles. The van der Waals surface area contributed by atoms with Crippen LogP contribution < -0.4 is 5.32 Å². The topological polar surface area (TPSA) is 85.1 Å². The fourth-order valence-electron chi connectivity index (χ4n) is 2.38. The highest BCUT2D eigenvalue weighted by Gasteiger charge is 2.18. The Labute approximate surface area is 135 Å². The van der Waals surface area contributed by atoms with Gasteiger partial charge in [0.1, 0.15) is 0 Å². The van der Waals surface area contributed by atoms with E-state index >= 15 is 0 Å². The minimum absolute atomic E-state index is 0.0637. The second kappa shape index (κ2) is 5.77. The van der Waals surface area contributed by atoms with Gasteiger partial charge in [0.25, 0.3) is 11.6 Å². The monoisotopic (exact) mass is 327 g/mol. The van der Waals surface area contributed by atoms with E-state index in [-0.39, 0.29) is 11.6 Å². The quantitative estimate of drug-likeness (QED) is 0.580. The van der Waals surface area contributed by atoms with Crippen LogP contribution in [0, 0.1) is 24.0 Å². The molecule has 0 unspecified atom stereocenters. The van der Waals surface area contributed by atoms with E-state index in [0.717, 1.165) is 15.2 Å². The van der Waals surface area contributed by atoms with Crippen molar-refractivity contribution < 1.29 is 9.72 Å². The van der Waals surface area contributed by atoms with Crippen LogP contribution in [0.4, 0.5) is 11.4 Å². The van der Waals surface area contributed by atoms with Crippen molar-refractivity contribution in [1.29, 1.82) is 0 Å². The molecule has 0 aliphatic carbocycles. The molecule has 0 bridgehead atoms. The average Bonchev–Trinajstić information content (AvgIpc) is 2.86. The first-order valence-corrected chi connectivity index (χ1v) is 7.70. The van der Waals surface area contributed by atoms with Gasteiger partial charge in [0.15, 0.2) is 0 Å². The molecule has 0 fully saturated rings. The molecule has 6 nitrogen and oxygen atoms in total. The summed E-state index contributed by atoms with van der Waals surface area (Å²) in [5.41, 5.74) is 2.10. The molecule has 116 valence electrons. The highest BCUT2D eigenvalue weighted by Crippen LogP contribution is 2.26. The van der Waals surface area contributed by atoms with E-state index in [4.69, 9.17) is 0 Å². The van der Waals surface area contributed by atoms with E-state index in [1.807, 2.05) is 19.1 Å². The molecular formula is C16H13N3O3S. The Balaban J connectivity index is 1.91. The maximum atomic E-state index is 12.4. The summed E-state index contributed by atoms with van der Waals surface area (Å²) in [5, 5.41) is 14.7. The summed E-state index contributed by atoms with van der Waals surface area (Å²) >= 11 is 1.55. The standard InChI is InChI=1S/C16H13N3O3S/c1-9-12(4-3-5-14(9)19(21)22)16(20)18-11-6-7-13-15(8-11)23-10(2)17-13/h3-8H,1-2H3,(H,18,20). The summed E-state index contributed by atoms with van der Waals surface area (Å²) in [6, 6.07) is 9.94. The zero-order valence-electron chi connectivity index (χ0n) is 12.5. The molecule has 0 atom stereocenters. The predicted octanol–water partition coefficient (Wildman–Crippen LogP) is 4.07. The maximum Gasteiger partial charge on any atom is 0.273 e. The fraction of sp³-hybridized carbons (Fsp3) is 0.125. The average molecular weight is 327 g/mol. The number of nitro benzene ring substituents is 1. The van der Waals surface area contributed by atoms with Gasteiger partial charge < -0.3 is 5.32 Å². The zero-order valence-corrected chi connectivity index (χ0v) is 13.3. The molecule has 3 aromatic rings. The van der Waals surface area contributed by atoms with E-state index in [1.54, 1.807) is 30.4 Å². The van der Waals surface area contributed by atoms with Crippen molar-refractivity contribution in [3.05, 3.63) is 62.6 Å². The molecule has 1 N–H and O–H groups in total. The molecule has 0 saturated carbocycles. The number of fused-ring (bicyclic) bond motifs is 1. The summed E-state index contributed by atoms with van der Waals surface area (Å²) in [4.78, 5) is 27.3. The first-order chi connectivity index (χ1) is 11.0. The number of anilines is 1. The summed E-state index contributed by atoms with van der Waals surface area (Å²) in [7, 11) is 0. The Kier molecular flexibility index (Phi) is 3.79. The van der Waals surface area contributed by atoms with Crippen molar-refractivity contribution in [2.45, 2.75) is 13.8 Å². The Hall–Kier alpha value is -2.80. The molecule has 7 heteroatoms. The number of nitrogens with one attached hydrogen (secondary N) is 1. The molecular weight excluding hydrogens is 314 g/mol. The van der Waals surface area contributed by atoms with Gasteiger partial charge in [-0.1, -0.05) is 6.07 Å². The molecule has 1 amide bonds. The van der Waals surface area contributed by atoms with Crippen molar-refractivity contribution in [2.24, 2.45) is 0 Å². The van der Waals surface area contributed by atoms with E-state index in [2.05, 4.69) is 10.3 Å². The third kappa shape index (κ3) is 2.91. The third-order valence-corrected chi connectivity index (χ3v) is 4.43. The van der Waals surface area contributed by atoms with Crippen LogP contribution in [-0.2, 0) is 0 Å². The van der Waals surface area contributed by atoms with Gasteiger partial charge in [-0.25, -0.2) is 4.98 Å². The van der Waals surface area contributed by atoms with Gasteiger partial charge in [0.05, 0.1) is 20.1 Å². The van der Waals surface area contributed by atoms with E-state index < -0.39 is 4.92 Å². The molecule has 1 heterocycles. The van der Waals surface area contributed by atoms with Gasteiger partial charge in [-0.3, -0.25) is 14.9 Å². The van der Waals surface area contributed by atoms with Crippen LogP contribution in [0.15, 0.2) is 36.4 Å². The van der Waals surface area contributed by atoms with Crippen LogP contribution in [-0.4, -0.2) is 15.8 Å². The SMILES string of the molecule is Cc1nc2ccc(NC(=O)c3cccc([N+](=O)[O-])c3C)cc2s1. The summed E-state index contributed by atoms with van der Waals surface area (Å²) in [5.74, 6) is -0.369. The zero-order chi connectivity index (χ0) is 16.6. The lowest BCUT2D eigenvalue weighted by molar-refractivity contribution is -0.385. The number of hydrogen-bond acceptors (Lipinski definition) is 5. The number of rotatable bonds is 3. The van der Waals surface area contributed by atoms with Gasteiger partial charge in [-0.2, -0.15) is 0 Å². The number of benzene rings is 2. The first-order valence-electron chi connectivity index (χ1n) is 6.88. The number of carbonyl (C=O) groups is 1. The van der Waals surface area contributed by atoms with Gasteiger partial charge >= 0.3 is 0 Å². The number of carbonyl (C=O) groups excluding carboxylic acids is 1. The molecule has 0 radical (unpaired) electrons.